The van der Waals surface area contributed by atoms with Gasteiger partial charge in [0.2, 0.25) is 0 Å². The van der Waals surface area contributed by atoms with E-state index in [1.807, 2.05) is 95.4 Å². The van der Waals surface area contributed by atoms with Crippen molar-refractivity contribution in [3.63, 3.8) is 0 Å². The third-order valence-corrected chi connectivity index (χ3v) is 5.34. The van der Waals surface area contributed by atoms with Gasteiger partial charge < -0.3 is 4.74 Å². The highest BCUT2D eigenvalue weighted by atomic mass is 32.1. The Hall–Kier alpha value is -3.70. The van der Waals surface area contributed by atoms with E-state index in [4.69, 9.17) is 4.74 Å². The first-order valence-corrected chi connectivity index (χ1v) is 10.1. The Kier molecular flexibility index (Phi) is 4.64. The lowest BCUT2D eigenvalue weighted by atomic mass is 10.1. The van der Waals surface area contributed by atoms with Gasteiger partial charge in [0.1, 0.15) is 16.5 Å². The Morgan fingerprint density at radius 3 is 2.38 bits per heavy atom. The van der Waals surface area contributed by atoms with Gasteiger partial charge in [-0.2, -0.15) is 5.10 Å². The standard InChI is InChI=1S/C24H17N3OS/c1-2-6-18(7-3-1)20-16-26-27(17-20)21-9-5-11-23(15-21)28-22-10-4-8-19(14-22)24-25-12-13-29-24/h1-17H. The molecule has 140 valence electrons. The molecule has 0 fully saturated rings. The fraction of sp³-hybridized carbons (Fsp3) is 0. The second kappa shape index (κ2) is 7.73. The van der Waals surface area contributed by atoms with Gasteiger partial charge in [0.25, 0.3) is 0 Å². The van der Waals surface area contributed by atoms with Crippen LogP contribution in [0, 0.1) is 0 Å². The summed E-state index contributed by atoms with van der Waals surface area (Å²) in [6, 6.07) is 26.1. The van der Waals surface area contributed by atoms with E-state index in [1.165, 1.54) is 0 Å². The normalized spacial score (nSPS) is 10.8. The van der Waals surface area contributed by atoms with Crippen molar-refractivity contribution in [2.24, 2.45) is 0 Å². The molecule has 0 saturated carbocycles. The summed E-state index contributed by atoms with van der Waals surface area (Å²) in [6.07, 6.45) is 5.71. The molecule has 0 N–H and O–H groups in total. The van der Waals surface area contributed by atoms with E-state index in [-0.39, 0.29) is 0 Å². The Morgan fingerprint density at radius 1 is 0.759 bits per heavy atom. The van der Waals surface area contributed by atoms with E-state index in [9.17, 15) is 0 Å². The predicted octanol–water partition coefficient (Wildman–Crippen LogP) is 6.46. The zero-order chi connectivity index (χ0) is 19.5. The molecule has 3 aromatic carbocycles. The molecule has 5 aromatic rings. The maximum atomic E-state index is 6.11. The fourth-order valence-electron chi connectivity index (χ4n) is 3.13. The van der Waals surface area contributed by atoms with E-state index in [2.05, 4.69) is 22.2 Å². The van der Waals surface area contributed by atoms with Crippen molar-refractivity contribution in [3.8, 4) is 38.9 Å². The van der Waals surface area contributed by atoms with Gasteiger partial charge in [0.05, 0.1) is 11.9 Å². The first kappa shape index (κ1) is 17.4. The average molecular weight is 395 g/mol. The molecule has 0 spiro atoms. The first-order valence-electron chi connectivity index (χ1n) is 9.23. The minimum absolute atomic E-state index is 0.760. The Labute approximate surface area is 172 Å². The Bertz CT molecular complexity index is 1230. The highest BCUT2D eigenvalue weighted by Crippen LogP contribution is 2.29. The van der Waals surface area contributed by atoms with Crippen LogP contribution in [0.15, 0.2) is 103 Å². The molecule has 0 radical (unpaired) electrons. The molecule has 0 aliphatic rings. The van der Waals surface area contributed by atoms with Crippen molar-refractivity contribution < 1.29 is 4.74 Å². The summed E-state index contributed by atoms with van der Waals surface area (Å²) in [6.45, 7) is 0. The number of rotatable bonds is 5. The van der Waals surface area contributed by atoms with E-state index in [0.717, 1.165) is 38.9 Å². The SMILES string of the molecule is c1ccc(-c2cnn(-c3cccc(Oc4cccc(-c5nccs5)c4)c3)c2)cc1. The fourth-order valence-corrected chi connectivity index (χ4v) is 3.76. The summed E-state index contributed by atoms with van der Waals surface area (Å²) >= 11 is 1.61. The van der Waals surface area contributed by atoms with Gasteiger partial charge in [-0.25, -0.2) is 9.67 Å². The predicted molar refractivity (Wildman–Crippen MR) is 117 cm³/mol. The zero-order valence-electron chi connectivity index (χ0n) is 15.5. The summed E-state index contributed by atoms with van der Waals surface area (Å²) in [4.78, 5) is 4.37. The van der Waals surface area contributed by atoms with Crippen molar-refractivity contribution >= 4 is 11.3 Å². The van der Waals surface area contributed by atoms with Crippen LogP contribution in [-0.2, 0) is 0 Å². The van der Waals surface area contributed by atoms with E-state index in [1.54, 1.807) is 11.3 Å². The lowest BCUT2D eigenvalue weighted by molar-refractivity contribution is 0.482. The smallest absolute Gasteiger partial charge is 0.129 e. The molecular formula is C24H17N3OS. The van der Waals surface area contributed by atoms with Gasteiger partial charge in [0, 0.05) is 35.0 Å². The number of aromatic nitrogens is 3. The van der Waals surface area contributed by atoms with E-state index < -0.39 is 0 Å². The van der Waals surface area contributed by atoms with Gasteiger partial charge in [-0.05, 0) is 29.8 Å². The topological polar surface area (TPSA) is 39.9 Å². The van der Waals surface area contributed by atoms with Gasteiger partial charge in [-0.3, -0.25) is 0 Å². The molecular weight excluding hydrogens is 378 g/mol. The van der Waals surface area contributed by atoms with Crippen molar-refractivity contribution in [1.29, 1.82) is 0 Å². The minimum Gasteiger partial charge on any atom is -0.457 e. The third-order valence-electron chi connectivity index (χ3n) is 4.52. The number of nitrogens with zero attached hydrogens (tertiary/aromatic N) is 3. The van der Waals surface area contributed by atoms with Crippen molar-refractivity contribution in [2.45, 2.75) is 0 Å². The molecule has 0 saturated heterocycles. The summed E-state index contributed by atoms with van der Waals surface area (Å²) in [5.74, 6) is 1.54. The van der Waals surface area contributed by atoms with Crippen LogP contribution in [0.1, 0.15) is 0 Å². The van der Waals surface area contributed by atoms with Gasteiger partial charge in [-0.1, -0.05) is 48.5 Å². The molecule has 29 heavy (non-hydrogen) atoms. The third kappa shape index (κ3) is 3.81. The van der Waals surface area contributed by atoms with Crippen LogP contribution in [0.5, 0.6) is 11.5 Å². The van der Waals surface area contributed by atoms with Crippen LogP contribution >= 0.6 is 11.3 Å². The zero-order valence-corrected chi connectivity index (χ0v) is 16.3. The second-order valence-corrected chi connectivity index (χ2v) is 7.40. The molecule has 0 aliphatic heterocycles. The largest absolute Gasteiger partial charge is 0.457 e. The van der Waals surface area contributed by atoms with Crippen LogP contribution in [-0.4, -0.2) is 14.8 Å². The number of thiazole rings is 1. The van der Waals surface area contributed by atoms with Crippen molar-refractivity contribution in [1.82, 2.24) is 14.8 Å². The maximum Gasteiger partial charge on any atom is 0.129 e. The maximum absolute atomic E-state index is 6.11. The van der Waals surface area contributed by atoms with E-state index >= 15 is 0 Å². The lowest BCUT2D eigenvalue weighted by Gasteiger charge is -2.09. The van der Waals surface area contributed by atoms with Crippen LogP contribution in [0.2, 0.25) is 0 Å². The number of benzene rings is 3. The van der Waals surface area contributed by atoms with Gasteiger partial charge in [0.15, 0.2) is 0 Å². The molecule has 0 amide bonds. The van der Waals surface area contributed by atoms with Crippen LogP contribution < -0.4 is 4.74 Å². The molecule has 4 nitrogen and oxygen atoms in total. The van der Waals surface area contributed by atoms with Crippen molar-refractivity contribution in [2.75, 3.05) is 0 Å². The van der Waals surface area contributed by atoms with Gasteiger partial charge >= 0.3 is 0 Å². The monoisotopic (exact) mass is 395 g/mol. The Balaban J connectivity index is 1.40. The Morgan fingerprint density at radius 2 is 1.55 bits per heavy atom. The molecule has 0 bridgehead atoms. The quantitative estimate of drug-likeness (QED) is 0.343. The number of ether oxygens (including phenoxy) is 1. The molecule has 0 atom stereocenters. The van der Waals surface area contributed by atoms with E-state index in [0.29, 0.717) is 0 Å². The summed E-state index contributed by atoms with van der Waals surface area (Å²) in [5, 5.41) is 7.47. The molecule has 0 unspecified atom stereocenters. The number of hydrogen-bond acceptors (Lipinski definition) is 4. The van der Waals surface area contributed by atoms with Crippen LogP contribution in [0.4, 0.5) is 0 Å². The summed E-state index contributed by atoms with van der Waals surface area (Å²) in [7, 11) is 0. The lowest BCUT2D eigenvalue weighted by Crippen LogP contribution is -1.94. The average Bonchev–Trinajstić information content (AvgIpc) is 3.47. The molecule has 2 aromatic heterocycles. The second-order valence-electron chi connectivity index (χ2n) is 6.50. The first-order chi connectivity index (χ1) is 14.3. The molecule has 0 aliphatic carbocycles. The highest BCUT2D eigenvalue weighted by molar-refractivity contribution is 7.13. The van der Waals surface area contributed by atoms with Gasteiger partial charge in [-0.15, -0.1) is 11.3 Å². The van der Waals surface area contributed by atoms with Crippen LogP contribution in [0.25, 0.3) is 27.4 Å². The summed E-state index contributed by atoms with van der Waals surface area (Å²) < 4.78 is 7.97. The summed E-state index contributed by atoms with van der Waals surface area (Å²) in [5.41, 5.74) is 4.22. The highest BCUT2D eigenvalue weighted by Gasteiger charge is 2.06. The van der Waals surface area contributed by atoms with Crippen LogP contribution in [0.3, 0.4) is 0 Å². The molecule has 5 heteroatoms. The minimum atomic E-state index is 0.760. The molecule has 5 rings (SSSR count). The number of hydrogen-bond donors (Lipinski definition) is 0. The molecule has 2 heterocycles. The van der Waals surface area contributed by atoms with Crippen molar-refractivity contribution in [3.05, 3.63) is 103 Å².